The minimum Gasteiger partial charge on any atom is -0.311 e. The average Bonchev–Trinajstić information content (AvgIpc) is 2.14. The topological polar surface area (TPSA) is 49.4 Å². The third kappa shape index (κ3) is 7.01. The van der Waals surface area contributed by atoms with Gasteiger partial charge in [0.05, 0.1) is 11.0 Å². The molecule has 1 N–H and O–H groups in total. The van der Waals surface area contributed by atoms with Gasteiger partial charge in [-0.05, 0) is 33.9 Å². The second-order valence-corrected chi connectivity index (χ2v) is 8.16. The van der Waals surface area contributed by atoms with Crippen LogP contribution < -0.4 is 5.32 Å². The maximum Gasteiger partial charge on any atom is 0.153 e. The molecule has 0 saturated carbocycles. The molecule has 0 aromatic carbocycles. The number of hydrogen-bond acceptors (Lipinski definition) is 4. The summed E-state index contributed by atoms with van der Waals surface area (Å²) < 4.78 is 23.3. The van der Waals surface area contributed by atoms with E-state index in [9.17, 15) is 8.42 Å². The lowest BCUT2D eigenvalue weighted by Gasteiger charge is -2.25. The molecule has 0 heterocycles. The lowest BCUT2D eigenvalue weighted by molar-refractivity contribution is 0.293. The van der Waals surface area contributed by atoms with Crippen LogP contribution in [0.25, 0.3) is 0 Å². The lowest BCUT2D eigenvalue weighted by Crippen LogP contribution is -2.44. The average molecular weight is 264 g/mol. The molecule has 0 aromatic heterocycles. The molecule has 0 fully saturated rings. The number of rotatable bonds is 8. The molecular weight excluding hydrogens is 236 g/mol. The molecule has 0 aliphatic heterocycles. The maximum atomic E-state index is 11.7. The molecular formula is C12H28N2O2S. The Morgan fingerprint density at radius 3 is 2.00 bits per heavy atom. The largest absolute Gasteiger partial charge is 0.311 e. The van der Waals surface area contributed by atoms with E-state index in [-0.39, 0.29) is 11.0 Å². The third-order valence-corrected chi connectivity index (χ3v) is 5.09. The predicted molar refractivity (Wildman–Crippen MR) is 74.1 cm³/mol. The second-order valence-electron chi connectivity index (χ2n) is 5.48. The quantitative estimate of drug-likeness (QED) is 0.710. The number of nitrogens with zero attached hydrogens (tertiary/aromatic N) is 1. The van der Waals surface area contributed by atoms with Gasteiger partial charge < -0.3 is 10.2 Å². The van der Waals surface area contributed by atoms with Crippen LogP contribution in [0.1, 0.15) is 27.7 Å². The second kappa shape index (κ2) is 7.34. The first-order valence-corrected chi connectivity index (χ1v) is 7.98. The summed E-state index contributed by atoms with van der Waals surface area (Å²) in [4.78, 5) is 2.12. The van der Waals surface area contributed by atoms with Crippen molar-refractivity contribution < 1.29 is 8.42 Å². The van der Waals surface area contributed by atoms with Crippen molar-refractivity contribution >= 4 is 9.84 Å². The minimum absolute atomic E-state index is 0.224. The van der Waals surface area contributed by atoms with Crippen LogP contribution in [0.3, 0.4) is 0 Å². The van der Waals surface area contributed by atoms with E-state index in [2.05, 4.69) is 24.1 Å². The molecule has 1 unspecified atom stereocenters. The van der Waals surface area contributed by atoms with Crippen molar-refractivity contribution in [3.8, 4) is 0 Å². The fourth-order valence-corrected chi connectivity index (χ4v) is 2.40. The van der Waals surface area contributed by atoms with Gasteiger partial charge in [-0.1, -0.05) is 13.8 Å². The van der Waals surface area contributed by atoms with Crippen LogP contribution in [0, 0.1) is 5.92 Å². The first-order valence-electron chi connectivity index (χ1n) is 6.26. The van der Waals surface area contributed by atoms with Crippen molar-refractivity contribution in [1.82, 2.24) is 10.2 Å². The van der Waals surface area contributed by atoms with E-state index in [4.69, 9.17) is 0 Å². The van der Waals surface area contributed by atoms with Gasteiger partial charge in [0.15, 0.2) is 9.84 Å². The number of sulfone groups is 1. The first-order chi connectivity index (χ1) is 7.66. The molecule has 0 rings (SSSR count). The van der Waals surface area contributed by atoms with Crippen LogP contribution in [-0.2, 0) is 9.84 Å². The van der Waals surface area contributed by atoms with E-state index in [1.165, 1.54) is 0 Å². The van der Waals surface area contributed by atoms with Gasteiger partial charge in [-0.2, -0.15) is 0 Å². The molecule has 0 bridgehead atoms. The van der Waals surface area contributed by atoms with Crippen molar-refractivity contribution in [1.29, 1.82) is 0 Å². The van der Waals surface area contributed by atoms with Crippen molar-refractivity contribution in [3.63, 3.8) is 0 Å². The van der Waals surface area contributed by atoms with E-state index < -0.39 is 9.84 Å². The van der Waals surface area contributed by atoms with E-state index in [0.29, 0.717) is 18.5 Å². The molecule has 0 aliphatic rings. The normalized spacial score (nSPS) is 14.9. The number of likely N-dealkylation sites (N-methyl/N-ethyl adjacent to an activating group) is 1. The molecule has 17 heavy (non-hydrogen) atoms. The van der Waals surface area contributed by atoms with Gasteiger partial charge in [-0.15, -0.1) is 0 Å². The van der Waals surface area contributed by atoms with E-state index in [1.807, 2.05) is 14.1 Å². The van der Waals surface area contributed by atoms with Crippen LogP contribution in [0.5, 0.6) is 0 Å². The monoisotopic (exact) mass is 264 g/mol. The molecule has 0 aromatic rings. The summed E-state index contributed by atoms with van der Waals surface area (Å²) in [5.74, 6) is 0.723. The summed E-state index contributed by atoms with van der Waals surface area (Å²) in [5, 5.41) is 3.06. The molecule has 0 saturated heterocycles. The highest BCUT2D eigenvalue weighted by molar-refractivity contribution is 7.92. The number of hydrogen-bond donors (Lipinski definition) is 1. The highest BCUT2D eigenvalue weighted by Crippen LogP contribution is 2.04. The van der Waals surface area contributed by atoms with Gasteiger partial charge in [-0.3, -0.25) is 0 Å². The van der Waals surface area contributed by atoms with Gasteiger partial charge in [-0.25, -0.2) is 8.42 Å². The summed E-state index contributed by atoms with van der Waals surface area (Å²) in [5.41, 5.74) is 0. The Labute approximate surface area is 107 Å². The molecule has 5 heteroatoms. The summed E-state index contributed by atoms with van der Waals surface area (Å²) in [6.07, 6.45) is 0. The van der Waals surface area contributed by atoms with E-state index in [1.54, 1.807) is 13.8 Å². The molecule has 0 amide bonds. The Hall–Kier alpha value is -0.130. The van der Waals surface area contributed by atoms with Crippen molar-refractivity contribution in [2.45, 2.75) is 39.0 Å². The summed E-state index contributed by atoms with van der Waals surface area (Å²) in [7, 11) is 1.14. The molecule has 4 nitrogen and oxygen atoms in total. The molecule has 1 atom stereocenters. The standard InChI is InChI=1S/C12H28N2O2S/c1-10(2)12(9-14(5)6)13-7-8-17(15,16)11(3)4/h10-13H,7-9H2,1-6H3. The van der Waals surface area contributed by atoms with Gasteiger partial charge in [0, 0.05) is 19.1 Å². The summed E-state index contributed by atoms with van der Waals surface area (Å²) in [6, 6.07) is 0.340. The Morgan fingerprint density at radius 1 is 1.12 bits per heavy atom. The van der Waals surface area contributed by atoms with Gasteiger partial charge >= 0.3 is 0 Å². The predicted octanol–water partition coefficient (Wildman–Crippen LogP) is 0.985. The number of nitrogens with one attached hydrogen (secondary N) is 1. The zero-order valence-corrected chi connectivity index (χ0v) is 12.8. The summed E-state index contributed by atoms with van der Waals surface area (Å²) >= 11 is 0. The van der Waals surface area contributed by atoms with Gasteiger partial charge in [0.2, 0.25) is 0 Å². The molecule has 104 valence electrons. The first kappa shape index (κ1) is 16.9. The van der Waals surface area contributed by atoms with Crippen LogP contribution in [0.4, 0.5) is 0 Å². The molecule has 0 aliphatic carbocycles. The highest BCUT2D eigenvalue weighted by Gasteiger charge is 2.18. The van der Waals surface area contributed by atoms with Crippen LogP contribution in [0.15, 0.2) is 0 Å². The Balaban J connectivity index is 4.16. The SMILES string of the molecule is CC(C)C(CN(C)C)NCCS(=O)(=O)C(C)C. The molecule has 0 radical (unpaired) electrons. The zero-order valence-electron chi connectivity index (χ0n) is 12.0. The highest BCUT2D eigenvalue weighted by atomic mass is 32.2. The summed E-state index contributed by atoms with van der Waals surface area (Å²) in [6.45, 7) is 9.23. The fourth-order valence-electron chi connectivity index (χ4n) is 1.53. The van der Waals surface area contributed by atoms with Crippen molar-refractivity contribution in [2.75, 3.05) is 32.9 Å². The lowest BCUT2D eigenvalue weighted by atomic mass is 10.0. The third-order valence-electron chi connectivity index (χ3n) is 2.88. The Kier molecular flexibility index (Phi) is 7.28. The van der Waals surface area contributed by atoms with Crippen LogP contribution in [0.2, 0.25) is 0 Å². The smallest absolute Gasteiger partial charge is 0.153 e. The van der Waals surface area contributed by atoms with E-state index in [0.717, 1.165) is 6.54 Å². The zero-order chi connectivity index (χ0) is 13.6. The van der Waals surface area contributed by atoms with Gasteiger partial charge in [0.25, 0.3) is 0 Å². The molecule has 0 spiro atoms. The Bertz CT molecular complexity index is 298. The van der Waals surface area contributed by atoms with E-state index >= 15 is 0 Å². The van der Waals surface area contributed by atoms with Crippen molar-refractivity contribution in [2.24, 2.45) is 5.92 Å². The Morgan fingerprint density at radius 2 is 1.65 bits per heavy atom. The van der Waals surface area contributed by atoms with Crippen LogP contribution in [-0.4, -0.2) is 57.5 Å². The maximum absolute atomic E-state index is 11.7. The minimum atomic E-state index is -2.92. The van der Waals surface area contributed by atoms with Crippen LogP contribution >= 0.6 is 0 Å². The van der Waals surface area contributed by atoms with Gasteiger partial charge in [0.1, 0.15) is 0 Å². The van der Waals surface area contributed by atoms with Crippen molar-refractivity contribution in [3.05, 3.63) is 0 Å². The fraction of sp³-hybridized carbons (Fsp3) is 1.00.